The summed E-state index contributed by atoms with van der Waals surface area (Å²) in [4.78, 5) is 20.3. The number of amides is 1. The molecule has 0 unspecified atom stereocenters. The number of anilines is 1. The molecule has 25 heavy (non-hydrogen) atoms. The summed E-state index contributed by atoms with van der Waals surface area (Å²) in [5.74, 6) is 1.63. The molecule has 0 radical (unpaired) electrons. The third kappa shape index (κ3) is 3.50. The van der Waals surface area contributed by atoms with E-state index in [2.05, 4.69) is 25.2 Å². The lowest BCUT2D eigenvalue weighted by molar-refractivity contribution is -0.130. The largest absolute Gasteiger partial charge is 0.352 e. The van der Waals surface area contributed by atoms with Crippen molar-refractivity contribution in [1.82, 2.24) is 29.9 Å². The van der Waals surface area contributed by atoms with Gasteiger partial charge < -0.3 is 9.80 Å². The molecule has 0 spiro atoms. The Bertz CT molecular complexity index is 809. The Labute approximate surface area is 148 Å². The molecule has 0 aromatic carbocycles. The van der Waals surface area contributed by atoms with Crippen LogP contribution in [0, 0.1) is 0 Å². The van der Waals surface area contributed by atoms with Gasteiger partial charge in [-0.05, 0) is 34.5 Å². The van der Waals surface area contributed by atoms with Crippen LogP contribution in [0.3, 0.4) is 0 Å². The number of thiophene rings is 1. The van der Waals surface area contributed by atoms with Crippen molar-refractivity contribution in [3.8, 4) is 5.82 Å². The van der Waals surface area contributed by atoms with Crippen LogP contribution >= 0.6 is 11.3 Å². The summed E-state index contributed by atoms with van der Waals surface area (Å²) in [5, 5.41) is 16.5. The van der Waals surface area contributed by atoms with E-state index < -0.39 is 0 Å². The lowest BCUT2D eigenvalue weighted by atomic mass is 10.2. The summed E-state index contributed by atoms with van der Waals surface area (Å²) in [5.41, 5.74) is 1.09. The fourth-order valence-electron chi connectivity index (χ4n) is 2.80. The Morgan fingerprint density at radius 1 is 1.08 bits per heavy atom. The minimum Gasteiger partial charge on any atom is -0.352 e. The van der Waals surface area contributed by atoms with Crippen molar-refractivity contribution < 1.29 is 4.79 Å². The molecule has 3 aromatic heterocycles. The molecule has 1 fully saturated rings. The Balaban J connectivity index is 1.34. The molecule has 1 aliphatic heterocycles. The normalized spacial score (nSPS) is 14.7. The average Bonchev–Trinajstić information content (AvgIpc) is 3.36. The molecule has 9 heteroatoms. The lowest BCUT2D eigenvalue weighted by Gasteiger charge is -2.35. The maximum Gasteiger partial charge on any atom is 0.227 e. The highest BCUT2D eigenvalue weighted by molar-refractivity contribution is 7.08. The standard InChI is InChI=1S/C16H17N7OS/c24-16(9-13-3-8-25-10-13)22-6-4-21(5-7-22)14-1-2-15(20-19-14)23-12-17-11-18-23/h1-3,8,10-12H,4-7,9H2. The van der Waals surface area contributed by atoms with Gasteiger partial charge in [-0.2, -0.15) is 16.4 Å². The number of carbonyl (C=O) groups is 1. The van der Waals surface area contributed by atoms with Gasteiger partial charge in [-0.1, -0.05) is 0 Å². The highest BCUT2D eigenvalue weighted by Gasteiger charge is 2.22. The third-order valence-corrected chi connectivity index (χ3v) is 4.91. The summed E-state index contributed by atoms with van der Waals surface area (Å²) >= 11 is 1.62. The topological polar surface area (TPSA) is 80.0 Å². The summed E-state index contributed by atoms with van der Waals surface area (Å²) in [7, 11) is 0. The number of rotatable bonds is 4. The molecule has 4 heterocycles. The van der Waals surface area contributed by atoms with E-state index in [1.807, 2.05) is 33.9 Å². The van der Waals surface area contributed by atoms with Crippen molar-refractivity contribution in [2.75, 3.05) is 31.1 Å². The maximum absolute atomic E-state index is 12.4. The SMILES string of the molecule is O=C(Cc1ccsc1)N1CCN(c2ccc(-n3cncn3)nn2)CC1. The van der Waals surface area contributed by atoms with E-state index in [0.717, 1.165) is 24.5 Å². The Kier molecular flexibility index (Phi) is 4.38. The van der Waals surface area contributed by atoms with Crippen LogP contribution in [0.5, 0.6) is 0 Å². The first-order chi connectivity index (χ1) is 12.3. The first kappa shape index (κ1) is 15.7. The van der Waals surface area contributed by atoms with Crippen molar-refractivity contribution in [3.05, 3.63) is 47.2 Å². The molecule has 8 nitrogen and oxygen atoms in total. The molecule has 1 amide bonds. The number of hydrogen-bond acceptors (Lipinski definition) is 7. The first-order valence-electron chi connectivity index (χ1n) is 8.02. The molecule has 0 atom stereocenters. The fraction of sp³-hybridized carbons (Fsp3) is 0.312. The minimum absolute atomic E-state index is 0.186. The van der Waals surface area contributed by atoms with E-state index in [4.69, 9.17) is 0 Å². The van der Waals surface area contributed by atoms with E-state index >= 15 is 0 Å². The predicted octanol–water partition coefficient (Wildman–Crippen LogP) is 1.01. The van der Waals surface area contributed by atoms with Crippen LogP contribution in [0.2, 0.25) is 0 Å². The van der Waals surface area contributed by atoms with E-state index in [-0.39, 0.29) is 5.91 Å². The van der Waals surface area contributed by atoms with E-state index in [1.165, 1.54) is 6.33 Å². The Morgan fingerprint density at radius 3 is 2.52 bits per heavy atom. The van der Waals surface area contributed by atoms with Gasteiger partial charge in [0.15, 0.2) is 11.6 Å². The van der Waals surface area contributed by atoms with Crippen molar-refractivity contribution in [2.24, 2.45) is 0 Å². The second kappa shape index (κ2) is 6.98. The predicted molar refractivity (Wildman–Crippen MR) is 93.8 cm³/mol. The highest BCUT2D eigenvalue weighted by Crippen LogP contribution is 2.15. The third-order valence-electron chi connectivity index (χ3n) is 4.18. The van der Waals surface area contributed by atoms with Crippen molar-refractivity contribution >= 4 is 23.1 Å². The number of carbonyl (C=O) groups excluding carboxylic acids is 1. The first-order valence-corrected chi connectivity index (χ1v) is 8.96. The molecular weight excluding hydrogens is 338 g/mol. The van der Waals surface area contributed by atoms with Gasteiger partial charge in [-0.3, -0.25) is 4.79 Å². The van der Waals surface area contributed by atoms with Gasteiger partial charge in [-0.25, -0.2) is 9.67 Å². The lowest BCUT2D eigenvalue weighted by Crippen LogP contribution is -2.49. The quantitative estimate of drug-likeness (QED) is 0.695. The zero-order valence-electron chi connectivity index (χ0n) is 13.5. The van der Waals surface area contributed by atoms with Crippen LogP contribution in [-0.4, -0.2) is 61.9 Å². The smallest absolute Gasteiger partial charge is 0.227 e. The van der Waals surface area contributed by atoms with Crippen LogP contribution in [-0.2, 0) is 11.2 Å². The monoisotopic (exact) mass is 355 g/mol. The molecule has 0 bridgehead atoms. The van der Waals surface area contributed by atoms with Crippen LogP contribution in [0.25, 0.3) is 5.82 Å². The van der Waals surface area contributed by atoms with Crippen molar-refractivity contribution in [1.29, 1.82) is 0 Å². The second-order valence-corrected chi connectivity index (χ2v) is 6.55. The van der Waals surface area contributed by atoms with Crippen LogP contribution in [0.1, 0.15) is 5.56 Å². The minimum atomic E-state index is 0.186. The van der Waals surface area contributed by atoms with Gasteiger partial charge in [0.1, 0.15) is 12.7 Å². The van der Waals surface area contributed by atoms with E-state index in [1.54, 1.807) is 22.3 Å². The van der Waals surface area contributed by atoms with Gasteiger partial charge in [0.25, 0.3) is 0 Å². The van der Waals surface area contributed by atoms with E-state index in [0.29, 0.717) is 25.3 Å². The van der Waals surface area contributed by atoms with E-state index in [9.17, 15) is 4.79 Å². The molecule has 1 saturated heterocycles. The molecule has 4 rings (SSSR count). The summed E-state index contributed by atoms with van der Waals surface area (Å²) in [6.45, 7) is 2.92. The number of hydrogen-bond donors (Lipinski definition) is 0. The van der Waals surface area contributed by atoms with Gasteiger partial charge in [0.05, 0.1) is 6.42 Å². The fourth-order valence-corrected chi connectivity index (χ4v) is 3.47. The van der Waals surface area contributed by atoms with Crippen LogP contribution in [0.15, 0.2) is 41.6 Å². The highest BCUT2D eigenvalue weighted by atomic mass is 32.1. The summed E-state index contributed by atoms with van der Waals surface area (Å²) in [6.07, 6.45) is 3.53. The molecule has 0 aliphatic carbocycles. The summed E-state index contributed by atoms with van der Waals surface area (Å²) < 4.78 is 1.57. The van der Waals surface area contributed by atoms with Crippen molar-refractivity contribution in [2.45, 2.75) is 6.42 Å². The molecule has 0 saturated carbocycles. The zero-order valence-corrected chi connectivity index (χ0v) is 14.3. The van der Waals surface area contributed by atoms with Crippen LogP contribution in [0.4, 0.5) is 5.82 Å². The van der Waals surface area contributed by atoms with Gasteiger partial charge in [0.2, 0.25) is 5.91 Å². The molecular formula is C16H17N7OS. The molecule has 128 valence electrons. The molecule has 3 aromatic rings. The maximum atomic E-state index is 12.4. The Hall–Kier alpha value is -2.81. The number of nitrogens with zero attached hydrogens (tertiary/aromatic N) is 7. The molecule has 1 aliphatic rings. The second-order valence-electron chi connectivity index (χ2n) is 5.77. The number of aromatic nitrogens is 5. The zero-order chi connectivity index (χ0) is 17.1. The Morgan fingerprint density at radius 2 is 1.88 bits per heavy atom. The van der Waals surface area contributed by atoms with Gasteiger partial charge >= 0.3 is 0 Å². The summed E-state index contributed by atoms with van der Waals surface area (Å²) in [6, 6.07) is 5.79. The van der Waals surface area contributed by atoms with Crippen LogP contribution < -0.4 is 4.90 Å². The van der Waals surface area contributed by atoms with Gasteiger partial charge in [-0.15, -0.1) is 10.2 Å². The van der Waals surface area contributed by atoms with Gasteiger partial charge in [0, 0.05) is 26.2 Å². The molecule has 0 N–H and O–H groups in total. The average molecular weight is 355 g/mol. The van der Waals surface area contributed by atoms with Crippen molar-refractivity contribution in [3.63, 3.8) is 0 Å². The number of piperazine rings is 1.